The molecule has 0 radical (unpaired) electrons. The van der Waals surface area contributed by atoms with Gasteiger partial charge >= 0.3 is 0 Å². The Hall–Kier alpha value is -3.82. The number of fused-ring (bicyclic) bond motifs is 2. The van der Waals surface area contributed by atoms with Crippen LogP contribution in [0.4, 0.5) is 17.1 Å². The fourth-order valence-electron chi connectivity index (χ4n) is 2.80. The second-order valence-corrected chi connectivity index (χ2v) is 5.79. The van der Waals surface area contributed by atoms with Gasteiger partial charge in [0.2, 0.25) is 12.7 Å². The fraction of sp³-hybridized carbons (Fsp3) is 0.176. The Balaban J connectivity index is 1.53. The molecule has 2 aromatic carbocycles. The van der Waals surface area contributed by atoms with Crippen LogP contribution >= 0.6 is 0 Å². The molecule has 0 aromatic heterocycles. The molecule has 0 unspecified atom stereocenters. The highest BCUT2D eigenvalue weighted by atomic mass is 16.7. The Labute approximate surface area is 152 Å². The van der Waals surface area contributed by atoms with Crippen LogP contribution in [0.2, 0.25) is 0 Å². The summed E-state index contributed by atoms with van der Waals surface area (Å²) in [6.45, 7) is -0.447. The Bertz CT molecular complexity index is 960. The first kappa shape index (κ1) is 16.6. The summed E-state index contributed by atoms with van der Waals surface area (Å²) < 4.78 is 15.7. The smallest absolute Gasteiger partial charge is 0.271 e. The largest absolute Gasteiger partial charge is 0.482 e. The van der Waals surface area contributed by atoms with Crippen LogP contribution in [0.3, 0.4) is 0 Å². The highest BCUT2D eigenvalue weighted by Gasteiger charge is 2.29. The van der Waals surface area contributed by atoms with Crippen molar-refractivity contribution in [1.29, 1.82) is 0 Å². The highest BCUT2D eigenvalue weighted by Crippen LogP contribution is 2.36. The minimum atomic E-state index is -0.579. The Morgan fingerprint density at radius 2 is 1.89 bits per heavy atom. The summed E-state index contributed by atoms with van der Waals surface area (Å²) in [6, 6.07) is 8.81. The molecule has 1 N–H and O–H groups in total. The number of amides is 2. The number of anilines is 2. The molecule has 0 fully saturated rings. The molecule has 0 saturated heterocycles. The van der Waals surface area contributed by atoms with Gasteiger partial charge in [-0.05, 0) is 18.2 Å². The van der Waals surface area contributed by atoms with E-state index in [4.69, 9.17) is 14.2 Å². The van der Waals surface area contributed by atoms with Crippen LogP contribution < -0.4 is 24.4 Å². The van der Waals surface area contributed by atoms with E-state index in [1.54, 1.807) is 18.2 Å². The van der Waals surface area contributed by atoms with Crippen LogP contribution in [-0.2, 0) is 9.59 Å². The lowest BCUT2D eigenvalue weighted by Gasteiger charge is -2.28. The fourth-order valence-corrected chi connectivity index (χ4v) is 2.80. The predicted octanol–water partition coefficient (Wildman–Crippen LogP) is 1.69. The average Bonchev–Trinajstić information content (AvgIpc) is 3.11. The van der Waals surface area contributed by atoms with Gasteiger partial charge in [-0.1, -0.05) is 0 Å². The normalized spacial score (nSPS) is 14.4. The molecule has 2 aromatic rings. The van der Waals surface area contributed by atoms with Gasteiger partial charge in [-0.15, -0.1) is 0 Å². The van der Waals surface area contributed by atoms with Crippen molar-refractivity contribution in [3.63, 3.8) is 0 Å². The zero-order chi connectivity index (χ0) is 19.0. The molecule has 0 atom stereocenters. The van der Waals surface area contributed by atoms with E-state index in [0.29, 0.717) is 22.9 Å². The molecule has 2 heterocycles. The lowest BCUT2D eigenvalue weighted by atomic mass is 10.2. The van der Waals surface area contributed by atoms with E-state index in [0.717, 1.165) is 4.90 Å². The molecule has 0 saturated carbocycles. The molecule has 2 aliphatic rings. The number of nitrogens with one attached hydrogen (secondary N) is 1. The van der Waals surface area contributed by atoms with E-state index in [1.165, 1.54) is 18.2 Å². The number of nitro benzene ring substituents is 1. The van der Waals surface area contributed by atoms with E-state index in [1.807, 2.05) is 0 Å². The highest BCUT2D eigenvalue weighted by molar-refractivity contribution is 6.05. The number of ether oxygens (including phenoxy) is 3. The third-order valence-electron chi connectivity index (χ3n) is 4.05. The van der Waals surface area contributed by atoms with Gasteiger partial charge in [0, 0.05) is 23.9 Å². The predicted molar refractivity (Wildman–Crippen MR) is 92.1 cm³/mol. The number of benzene rings is 2. The Morgan fingerprint density at radius 3 is 2.70 bits per heavy atom. The molecule has 0 spiro atoms. The topological polar surface area (TPSA) is 120 Å². The molecule has 138 valence electrons. The summed E-state index contributed by atoms with van der Waals surface area (Å²) in [5, 5.41) is 13.7. The van der Waals surface area contributed by atoms with E-state index in [2.05, 4.69) is 5.32 Å². The molecule has 2 aliphatic heterocycles. The lowest BCUT2D eigenvalue weighted by molar-refractivity contribution is -0.384. The molecule has 10 nitrogen and oxygen atoms in total. The molecule has 0 aliphatic carbocycles. The first-order valence-corrected chi connectivity index (χ1v) is 7.92. The number of nitro groups is 1. The second kappa shape index (κ2) is 6.48. The van der Waals surface area contributed by atoms with Gasteiger partial charge in [0.25, 0.3) is 11.6 Å². The van der Waals surface area contributed by atoms with Crippen molar-refractivity contribution < 1.29 is 28.7 Å². The average molecular weight is 371 g/mol. The number of non-ortho nitro benzene ring substituents is 1. The molecule has 2 amide bonds. The molecular weight excluding hydrogens is 358 g/mol. The second-order valence-electron chi connectivity index (χ2n) is 5.79. The minimum absolute atomic E-state index is 0.116. The number of carbonyl (C=O) groups is 2. The van der Waals surface area contributed by atoms with Crippen LogP contribution in [0, 0.1) is 10.1 Å². The summed E-state index contributed by atoms with van der Waals surface area (Å²) in [5.74, 6) is 0.454. The molecule has 27 heavy (non-hydrogen) atoms. The zero-order valence-electron chi connectivity index (χ0n) is 13.8. The third kappa shape index (κ3) is 3.19. The Kier molecular flexibility index (Phi) is 3.99. The minimum Gasteiger partial charge on any atom is -0.482 e. The third-order valence-corrected chi connectivity index (χ3v) is 4.05. The first-order chi connectivity index (χ1) is 13.0. The van der Waals surface area contributed by atoms with Crippen LogP contribution in [0.5, 0.6) is 17.2 Å². The summed E-state index contributed by atoms with van der Waals surface area (Å²) in [7, 11) is 0. The number of nitrogens with zero attached hydrogens (tertiary/aromatic N) is 2. The van der Waals surface area contributed by atoms with Gasteiger partial charge in [0.15, 0.2) is 18.1 Å². The quantitative estimate of drug-likeness (QED) is 0.641. The number of hydrogen-bond acceptors (Lipinski definition) is 7. The van der Waals surface area contributed by atoms with Crippen molar-refractivity contribution in [2.75, 3.05) is 30.2 Å². The van der Waals surface area contributed by atoms with Gasteiger partial charge in [-0.25, -0.2) is 0 Å². The van der Waals surface area contributed by atoms with Crippen LogP contribution in [-0.4, -0.2) is 36.7 Å². The Morgan fingerprint density at radius 1 is 1.11 bits per heavy atom. The van der Waals surface area contributed by atoms with Crippen LogP contribution in [0.1, 0.15) is 0 Å². The monoisotopic (exact) mass is 371 g/mol. The van der Waals surface area contributed by atoms with Crippen molar-refractivity contribution in [3.8, 4) is 17.2 Å². The maximum absolute atomic E-state index is 12.4. The van der Waals surface area contributed by atoms with Gasteiger partial charge < -0.3 is 19.5 Å². The van der Waals surface area contributed by atoms with Gasteiger partial charge in [-0.3, -0.25) is 24.6 Å². The number of carbonyl (C=O) groups excluding carboxylic acids is 2. The van der Waals surface area contributed by atoms with Gasteiger partial charge in [0.1, 0.15) is 12.3 Å². The number of hydrogen-bond donors (Lipinski definition) is 1. The maximum Gasteiger partial charge on any atom is 0.271 e. The van der Waals surface area contributed by atoms with Crippen molar-refractivity contribution in [2.45, 2.75) is 0 Å². The van der Waals surface area contributed by atoms with E-state index in [-0.39, 0.29) is 31.3 Å². The standard InChI is InChI=1S/C17H13N3O7/c21-16(18-10-1-3-14-15(5-10)27-9-26-14)7-19-12-6-11(20(23)24)2-4-13(12)25-8-17(19)22/h1-6H,7-9H2,(H,18,21). The van der Waals surface area contributed by atoms with E-state index < -0.39 is 16.7 Å². The van der Waals surface area contributed by atoms with Crippen molar-refractivity contribution in [1.82, 2.24) is 0 Å². The summed E-state index contributed by atoms with van der Waals surface area (Å²) >= 11 is 0. The molecule has 0 bridgehead atoms. The molecular formula is C17H13N3O7. The van der Waals surface area contributed by atoms with Crippen LogP contribution in [0.15, 0.2) is 36.4 Å². The van der Waals surface area contributed by atoms with Gasteiger partial charge in [-0.2, -0.15) is 0 Å². The zero-order valence-corrected chi connectivity index (χ0v) is 13.8. The summed E-state index contributed by atoms with van der Waals surface area (Å²) in [4.78, 5) is 36.2. The van der Waals surface area contributed by atoms with Crippen molar-refractivity contribution in [2.24, 2.45) is 0 Å². The van der Waals surface area contributed by atoms with E-state index in [9.17, 15) is 19.7 Å². The lowest BCUT2D eigenvalue weighted by Crippen LogP contribution is -2.43. The maximum atomic E-state index is 12.4. The first-order valence-electron chi connectivity index (χ1n) is 7.92. The summed E-state index contributed by atoms with van der Waals surface area (Å²) in [6.07, 6.45) is 0. The summed E-state index contributed by atoms with van der Waals surface area (Å²) in [5.41, 5.74) is 0.457. The van der Waals surface area contributed by atoms with Gasteiger partial charge in [0.05, 0.1) is 10.6 Å². The SMILES string of the molecule is O=C(CN1C(=O)COc2ccc([N+](=O)[O-])cc21)Nc1ccc2c(c1)OCO2. The van der Waals surface area contributed by atoms with Crippen LogP contribution in [0.25, 0.3) is 0 Å². The number of rotatable bonds is 4. The molecule has 4 rings (SSSR count). The van der Waals surface area contributed by atoms with Crippen molar-refractivity contribution in [3.05, 3.63) is 46.5 Å². The van der Waals surface area contributed by atoms with E-state index >= 15 is 0 Å². The van der Waals surface area contributed by atoms with Crippen molar-refractivity contribution >= 4 is 28.9 Å². The molecule has 10 heteroatoms.